The Kier molecular flexibility index (Phi) is 2.21. The first kappa shape index (κ1) is 7.89. The van der Waals surface area contributed by atoms with Gasteiger partial charge < -0.3 is 0 Å². The molecule has 1 saturated heterocycles. The van der Waals surface area contributed by atoms with Gasteiger partial charge in [0.25, 0.3) is 10.1 Å². The summed E-state index contributed by atoms with van der Waals surface area (Å²) in [6.07, 6.45) is 0.0683. The second-order valence-electron chi connectivity index (χ2n) is 1.72. The highest BCUT2D eigenvalue weighted by Gasteiger charge is 2.28. The van der Waals surface area contributed by atoms with Gasteiger partial charge in [-0.15, -0.1) is 0 Å². The van der Waals surface area contributed by atoms with Gasteiger partial charge >= 0.3 is 0 Å². The smallest absolute Gasteiger partial charge is 0.283 e. The molecule has 0 aromatic carbocycles. The average Bonchev–Trinajstić information content (AvgIpc) is 1.88. The van der Waals surface area contributed by atoms with Crippen LogP contribution in [0.25, 0.3) is 0 Å². The van der Waals surface area contributed by atoms with Gasteiger partial charge in [-0.3, -0.25) is 4.55 Å². The van der Waals surface area contributed by atoms with E-state index in [2.05, 4.69) is 14.8 Å². The number of rotatable bonds is 1. The van der Waals surface area contributed by atoms with E-state index in [9.17, 15) is 8.42 Å². The van der Waals surface area contributed by atoms with Crippen molar-refractivity contribution in [2.24, 2.45) is 0 Å². The summed E-state index contributed by atoms with van der Waals surface area (Å²) in [5.74, 6) is 0. The zero-order valence-electron chi connectivity index (χ0n) is 4.89. The fourth-order valence-corrected chi connectivity index (χ4v) is 1.02. The van der Waals surface area contributed by atoms with Crippen molar-refractivity contribution in [1.29, 1.82) is 0 Å². The fourth-order valence-electron chi connectivity index (χ4n) is 0.497. The lowest BCUT2D eigenvalue weighted by Gasteiger charge is -2.16. The first-order valence-electron chi connectivity index (χ1n) is 2.52. The molecule has 1 aliphatic heterocycles. The molecule has 1 rings (SSSR count). The first-order chi connectivity index (χ1) is 4.61. The number of hydrogen-bond acceptors (Lipinski definition) is 5. The Morgan fingerprint density at radius 2 is 2.20 bits per heavy atom. The molecule has 1 fully saturated rings. The van der Waals surface area contributed by atoms with Crippen LogP contribution in [0, 0.1) is 0 Å². The normalized spacial score (nSPS) is 28.3. The van der Waals surface area contributed by atoms with Gasteiger partial charge in [0.1, 0.15) is 0 Å². The molecular formula is C3H6O6S. The van der Waals surface area contributed by atoms with Gasteiger partial charge in [-0.25, -0.2) is 4.89 Å². The summed E-state index contributed by atoms with van der Waals surface area (Å²) in [4.78, 5) is 8.28. The Balaban J connectivity index is 2.56. The SMILES string of the molecule is O=S(=O)(O)C1CCOOO1. The van der Waals surface area contributed by atoms with Gasteiger partial charge in [-0.2, -0.15) is 13.3 Å². The second kappa shape index (κ2) is 2.81. The summed E-state index contributed by atoms with van der Waals surface area (Å²) in [5.41, 5.74) is -1.32. The van der Waals surface area contributed by atoms with Crippen molar-refractivity contribution in [3.63, 3.8) is 0 Å². The van der Waals surface area contributed by atoms with Crippen LogP contribution < -0.4 is 0 Å². The van der Waals surface area contributed by atoms with Crippen LogP contribution in [0.15, 0.2) is 0 Å². The maximum Gasteiger partial charge on any atom is 0.295 e. The van der Waals surface area contributed by atoms with Crippen LogP contribution >= 0.6 is 0 Å². The van der Waals surface area contributed by atoms with E-state index in [1.165, 1.54) is 0 Å². The van der Waals surface area contributed by atoms with E-state index in [0.717, 1.165) is 0 Å². The highest BCUT2D eigenvalue weighted by atomic mass is 32.2. The van der Waals surface area contributed by atoms with Crippen molar-refractivity contribution in [3.8, 4) is 0 Å². The second-order valence-corrected chi connectivity index (χ2v) is 3.28. The van der Waals surface area contributed by atoms with E-state index >= 15 is 0 Å². The summed E-state index contributed by atoms with van der Waals surface area (Å²) in [5, 5.41) is 3.87. The molecule has 0 aliphatic carbocycles. The van der Waals surface area contributed by atoms with E-state index in [1.54, 1.807) is 0 Å². The third-order valence-corrected chi connectivity index (χ3v) is 1.94. The maximum absolute atomic E-state index is 10.3. The van der Waals surface area contributed by atoms with E-state index in [4.69, 9.17) is 4.55 Å². The maximum atomic E-state index is 10.3. The predicted molar refractivity (Wildman–Crippen MR) is 28.1 cm³/mol. The van der Waals surface area contributed by atoms with Gasteiger partial charge in [-0.1, -0.05) is 5.04 Å². The van der Waals surface area contributed by atoms with Crippen LogP contribution in [0.2, 0.25) is 0 Å². The topological polar surface area (TPSA) is 82.1 Å². The fraction of sp³-hybridized carbons (Fsp3) is 1.00. The highest BCUT2D eigenvalue weighted by Crippen LogP contribution is 2.11. The van der Waals surface area contributed by atoms with Crippen molar-refractivity contribution in [2.75, 3.05) is 6.61 Å². The van der Waals surface area contributed by atoms with Crippen molar-refractivity contribution in [2.45, 2.75) is 11.9 Å². The molecule has 1 N–H and O–H groups in total. The Bertz CT molecular complexity index is 189. The van der Waals surface area contributed by atoms with Crippen LogP contribution in [0.3, 0.4) is 0 Å². The van der Waals surface area contributed by atoms with Gasteiger partial charge in [0.15, 0.2) is 0 Å². The third-order valence-electron chi connectivity index (χ3n) is 0.964. The van der Waals surface area contributed by atoms with Crippen LogP contribution in [0.4, 0.5) is 0 Å². The molecule has 0 bridgehead atoms. The Morgan fingerprint density at radius 1 is 1.50 bits per heavy atom. The van der Waals surface area contributed by atoms with E-state index in [1.807, 2.05) is 0 Å². The minimum absolute atomic E-state index is 0.0683. The predicted octanol–water partition coefficient (Wildman–Crippen LogP) is -0.516. The molecule has 10 heavy (non-hydrogen) atoms. The Labute approximate surface area is 57.3 Å². The molecule has 1 unspecified atom stereocenters. The standard InChI is InChI=1S/C3H6O6S/c4-10(5,6)3-1-2-7-9-8-3/h3H,1-2H2,(H,4,5,6). The molecule has 7 heteroatoms. The molecule has 6 nitrogen and oxygen atoms in total. The first-order valence-corrected chi connectivity index (χ1v) is 4.02. The summed E-state index contributed by atoms with van der Waals surface area (Å²) in [6, 6.07) is 0. The number of hydrogen-bond donors (Lipinski definition) is 1. The largest absolute Gasteiger partial charge is 0.295 e. The molecule has 1 heterocycles. The Hall–Kier alpha value is -0.210. The lowest BCUT2D eigenvalue weighted by Crippen LogP contribution is -2.29. The van der Waals surface area contributed by atoms with Crippen molar-refractivity contribution in [1.82, 2.24) is 0 Å². The van der Waals surface area contributed by atoms with E-state index in [0.29, 0.717) is 0 Å². The zero-order valence-corrected chi connectivity index (χ0v) is 5.70. The Morgan fingerprint density at radius 3 is 2.50 bits per heavy atom. The minimum atomic E-state index is -4.15. The van der Waals surface area contributed by atoms with Crippen molar-refractivity contribution in [3.05, 3.63) is 0 Å². The van der Waals surface area contributed by atoms with Crippen LogP contribution in [0.1, 0.15) is 6.42 Å². The van der Waals surface area contributed by atoms with Crippen LogP contribution in [-0.2, 0) is 24.9 Å². The molecule has 0 spiro atoms. The molecule has 0 saturated carbocycles. The van der Waals surface area contributed by atoms with Crippen molar-refractivity contribution >= 4 is 10.1 Å². The molecule has 1 aliphatic rings. The summed E-state index contributed by atoms with van der Waals surface area (Å²) in [6.45, 7) is 0.0878. The summed E-state index contributed by atoms with van der Waals surface area (Å²) in [7, 11) is -4.15. The van der Waals surface area contributed by atoms with Gasteiger partial charge in [0, 0.05) is 6.42 Å². The molecular weight excluding hydrogens is 164 g/mol. The summed E-state index contributed by atoms with van der Waals surface area (Å²) < 4.78 is 28.9. The van der Waals surface area contributed by atoms with Crippen LogP contribution in [0.5, 0.6) is 0 Å². The van der Waals surface area contributed by atoms with Gasteiger partial charge in [0.2, 0.25) is 5.44 Å². The molecule has 60 valence electrons. The van der Waals surface area contributed by atoms with Crippen LogP contribution in [-0.4, -0.2) is 25.0 Å². The third kappa shape index (κ3) is 1.89. The molecule has 1 atom stereocenters. The van der Waals surface area contributed by atoms with E-state index < -0.39 is 15.6 Å². The lowest BCUT2D eigenvalue weighted by atomic mass is 10.5. The minimum Gasteiger partial charge on any atom is -0.283 e. The highest BCUT2D eigenvalue weighted by molar-refractivity contribution is 7.86. The van der Waals surface area contributed by atoms with Crippen molar-refractivity contribution < 1.29 is 27.8 Å². The monoisotopic (exact) mass is 170 g/mol. The van der Waals surface area contributed by atoms with E-state index in [-0.39, 0.29) is 13.0 Å². The molecule has 0 radical (unpaired) electrons. The van der Waals surface area contributed by atoms with Gasteiger partial charge in [0.05, 0.1) is 6.61 Å². The zero-order chi connectivity index (χ0) is 7.61. The molecule has 0 aromatic heterocycles. The van der Waals surface area contributed by atoms with Gasteiger partial charge in [-0.05, 0) is 0 Å². The average molecular weight is 170 g/mol. The molecule has 0 amide bonds. The lowest BCUT2D eigenvalue weighted by molar-refractivity contribution is -0.539. The summed E-state index contributed by atoms with van der Waals surface area (Å²) >= 11 is 0. The molecule has 0 aromatic rings. The quantitative estimate of drug-likeness (QED) is 0.421.